The molecule has 0 unspecified atom stereocenters. The van der Waals surface area contributed by atoms with Gasteiger partial charge < -0.3 is 35.5 Å². The summed E-state index contributed by atoms with van der Waals surface area (Å²) in [5.41, 5.74) is 8.44. The van der Waals surface area contributed by atoms with Gasteiger partial charge in [-0.05, 0) is 41.5 Å². The lowest BCUT2D eigenvalue weighted by atomic mass is 10.0. The van der Waals surface area contributed by atoms with E-state index < -0.39 is 23.6 Å². The summed E-state index contributed by atoms with van der Waals surface area (Å²) in [7, 11) is 1.61. The SMILES string of the molecule is COc1ccc(-c2ccc(C(=O)NCC(=O)N3CC4(C[C@H]3C(=O)NCc3cc(C(=N)N)cs3)OCCO4)cc2)cc1. The summed E-state index contributed by atoms with van der Waals surface area (Å²) >= 11 is 1.38. The summed E-state index contributed by atoms with van der Waals surface area (Å²) in [6, 6.07) is 15.6. The Morgan fingerprint density at radius 2 is 1.71 bits per heavy atom. The molecule has 12 heteroatoms. The molecule has 0 radical (unpaired) electrons. The van der Waals surface area contributed by atoms with E-state index >= 15 is 0 Å². The van der Waals surface area contributed by atoms with Crippen molar-refractivity contribution in [2.75, 3.05) is 33.4 Å². The molecule has 1 aromatic heterocycles. The summed E-state index contributed by atoms with van der Waals surface area (Å²) in [4.78, 5) is 41.5. The van der Waals surface area contributed by atoms with E-state index in [1.165, 1.54) is 16.2 Å². The van der Waals surface area contributed by atoms with E-state index in [9.17, 15) is 14.4 Å². The number of nitrogen functional groups attached to an aromatic ring is 1. The standard InChI is InChI=1S/C29H31N5O6S/c1-38-22-8-6-19(7-9-22)18-2-4-20(5-3-18)27(36)33-15-25(35)34-17-29(39-10-11-40-29)13-24(34)28(37)32-14-23-12-21(16-41-23)26(30)31/h2-9,12,16,24H,10-11,13-15,17H2,1H3,(H3,30,31)(H,32,37)(H,33,36)/t24-/m0/s1. The molecule has 5 rings (SSSR count). The van der Waals surface area contributed by atoms with Gasteiger partial charge in [0.2, 0.25) is 11.8 Å². The Morgan fingerprint density at radius 1 is 1.05 bits per heavy atom. The Bertz CT molecular complexity index is 1430. The van der Waals surface area contributed by atoms with Crippen LogP contribution in [0.2, 0.25) is 0 Å². The van der Waals surface area contributed by atoms with E-state index in [0.29, 0.717) is 24.3 Å². The zero-order chi connectivity index (χ0) is 29.0. The number of rotatable bonds is 9. The van der Waals surface area contributed by atoms with Crippen molar-refractivity contribution < 1.29 is 28.6 Å². The molecule has 2 aromatic carbocycles. The average molecular weight is 578 g/mol. The predicted molar refractivity (Wildman–Crippen MR) is 153 cm³/mol. The van der Waals surface area contributed by atoms with Crippen molar-refractivity contribution in [3.05, 3.63) is 76.0 Å². The molecule has 11 nitrogen and oxygen atoms in total. The molecule has 0 saturated carbocycles. The molecule has 5 N–H and O–H groups in total. The highest BCUT2D eigenvalue weighted by Gasteiger charge is 2.52. The van der Waals surface area contributed by atoms with Crippen LogP contribution >= 0.6 is 11.3 Å². The number of hydrogen-bond donors (Lipinski definition) is 4. The highest BCUT2D eigenvalue weighted by Crippen LogP contribution is 2.35. The van der Waals surface area contributed by atoms with Crippen molar-refractivity contribution >= 4 is 34.9 Å². The highest BCUT2D eigenvalue weighted by atomic mass is 32.1. The lowest BCUT2D eigenvalue weighted by Crippen LogP contribution is -2.49. The molecule has 41 heavy (non-hydrogen) atoms. The van der Waals surface area contributed by atoms with Gasteiger partial charge in [-0.25, -0.2) is 0 Å². The van der Waals surface area contributed by atoms with Crippen LogP contribution in [-0.2, 0) is 25.6 Å². The van der Waals surface area contributed by atoms with E-state index in [4.69, 9.17) is 25.4 Å². The molecule has 2 aliphatic heterocycles. The first-order chi connectivity index (χ1) is 19.8. The van der Waals surface area contributed by atoms with Crippen LogP contribution in [0.25, 0.3) is 11.1 Å². The molecule has 2 aliphatic rings. The zero-order valence-electron chi connectivity index (χ0n) is 22.5. The number of benzene rings is 2. The Labute approximate surface area is 241 Å². The summed E-state index contributed by atoms with van der Waals surface area (Å²) in [6.45, 7) is 0.786. The Morgan fingerprint density at radius 3 is 2.32 bits per heavy atom. The predicted octanol–water partition coefficient (Wildman–Crippen LogP) is 2.10. The largest absolute Gasteiger partial charge is 0.497 e. The normalized spacial score (nSPS) is 17.4. The zero-order valence-corrected chi connectivity index (χ0v) is 23.3. The van der Waals surface area contributed by atoms with Crippen LogP contribution in [0.1, 0.15) is 27.2 Å². The Kier molecular flexibility index (Phi) is 8.34. The maximum Gasteiger partial charge on any atom is 0.251 e. The van der Waals surface area contributed by atoms with Crippen LogP contribution in [0, 0.1) is 5.41 Å². The van der Waals surface area contributed by atoms with Gasteiger partial charge in [0.05, 0.1) is 40.0 Å². The third kappa shape index (κ3) is 6.40. The minimum atomic E-state index is -1.04. The summed E-state index contributed by atoms with van der Waals surface area (Å²) < 4.78 is 16.8. The molecule has 3 amide bonds. The average Bonchev–Trinajstić information content (AvgIpc) is 3.75. The second-order valence-electron chi connectivity index (χ2n) is 9.77. The van der Waals surface area contributed by atoms with Gasteiger partial charge in [-0.1, -0.05) is 24.3 Å². The van der Waals surface area contributed by atoms with E-state index in [1.807, 2.05) is 36.4 Å². The fraction of sp³-hybridized carbons (Fsp3) is 0.310. The van der Waals surface area contributed by atoms with Crippen molar-refractivity contribution in [3.8, 4) is 16.9 Å². The minimum absolute atomic E-state index is 0.0425. The fourth-order valence-electron chi connectivity index (χ4n) is 4.91. The molecule has 0 bridgehead atoms. The van der Waals surface area contributed by atoms with Crippen molar-refractivity contribution in [2.24, 2.45) is 5.73 Å². The van der Waals surface area contributed by atoms with Gasteiger partial charge in [0.25, 0.3) is 5.91 Å². The van der Waals surface area contributed by atoms with E-state index in [0.717, 1.165) is 21.8 Å². The summed E-state index contributed by atoms with van der Waals surface area (Å²) in [5, 5.41) is 14.8. The number of amides is 3. The number of thiophene rings is 1. The van der Waals surface area contributed by atoms with E-state index in [-0.39, 0.29) is 37.8 Å². The molecular formula is C29H31N5O6S. The second-order valence-corrected chi connectivity index (χ2v) is 10.8. The maximum atomic E-state index is 13.3. The number of ether oxygens (including phenoxy) is 3. The van der Waals surface area contributed by atoms with Crippen LogP contribution in [0.15, 0.2) is 60.0 Å². The lowest BCUT2D eigenvalue weighted by molar-refractivity contribution is -0.152. The van der Waals surface area contributed by atoms with Gasteiger partial charge in [0, 0.05) is 27.8 Å². The number of carbonyl (C=O) groups is 3. The topological polar surface area (TPSA) is 156 Å². The molecule has 2 fully saturated rings. The molecule has 0 aliphatic carbocycles. The number of amidine groups is 1. The summed E-state index contributed by atoms with van der Waals surface area (Å²) in [6.07, 6.45) is 0.189. The van der Waals surface area contributed by atoms with Gasteiger partial charge in [-0.3, -0.25) is 19.8 Å². The van der Waals surface area contributed by atoms with Gasteiger partial charge in [-0.2, -0.15) is 0 Å². The first-order valence-electron chi connectivity index (χ1n) is 13.1. The number of nitrogens with zero attached hydrogens (tertiary/aromatic N) is 1. The van der Waals surface area contributed by atoms with E-state index in [1.54, 1.807) is 30.7 Å². The first-order valence-corrected chi connectivity index (χ1v) is 13.9. The quantitative estimate of drug-likeness (QED) is 0.224. The molecule has 1 spiro atoms. The number of carbonyl (C=O) groups excluding carboxylic acids is 3. The third-order valence-electron chi connectivity index (χ3n) is 7.10. The van der Waals surface area contributed by atoms with Gasteiger partial charge >= 0.3 is 0 Å². The van der Waals surface area contributed by atoms with Crippen molar-refractivity contribution in [1.29, 1.82) is 5.41 Å². The van der Waals surface area contributed by atoms with Gasteiger partial charge in [0.1, 0.15) is 17.6 Å². The van der Waals surface area contributed by atoms with Gasteiger partial charge in [0.15, 0.2) is 5.79 Å². The fourth-order valence-corrected chi connectivity index (χ4v) is 5.73. The Hall–Kier alpha value is -4.26. The molecule has 2 saturated heterocycles. The summed E-state index contributed by atoms with van der Waals surface area (Å²) in [5.74, 6) is -1.49. The smallest absolute Gasteiger partial charge is 0.251 e. The molecule has 214 valence electrons. The monoisotopic (exact) mass is 577 g/mol. The van der Waals surface area contributed by atoms with Crippen molar-refractivity contribution in [2.45, 2.75) is 24.8 Å². The highest BCUT2D eigenvalue weighted by molar-refractivity contribution is 7.10. The number of nitrogens with two attached hydrogens (primary N) is 1. The van der Waals surface area contributed by atoms with E-state index in [2.05, 4.69) is 10.6 Å². The molecule has 3 heterocycles. The lowest BCUT2D eigenvalue weighted by Gasteiger charge is -2.24. The van der Waals surface area contributed by atoms with Crippen LogP contribution in [0.5, 0.6) is 5.75 Å². The Balaban J connectivity index is 1.20. The minimum Gasteiger partial charge on any atom is -0.497 e. The van der Waals surface area contributed by atoms with Gasteiger partial charge in [-0.15, -0.1) is 11.3 Å². The van der Waals surface area contributed by atoms with Crippen molar-refractivity contribution in [3.63, 3.8) is 0 Å². The maximum absolute atomic E-state index is 13.3. The molecule has 1 atom stereocenters. The second kappa shape index (κ2) is 12.1. The number of nitrogens with one attached hydrogen (secondary N) is 3. The van der Waals surface area contributed by atoms with Crippen LogP contribution in [-0.4, -0.2) is 73.7 Å². The number of likely N-dealkylation sites (tertiary alicyclic amines) is 1. The van der Waals surface area contributed by atoms with Crippen LogP contribution in [0.3, 0.4) is 0 Å². The number of hydrogen-bond acceptors (Lipinski definition) is 8. The molecule has 3 aromatic rings. The number of methoxy groups -OCH3 is 1. The first kappa shape index (κ1) is 28.3. The van der Waals surface area contributed by atoms with Crippen molar-refractivity contribution in [1.82, 2.24) is 15.5 Å². The van der Waals surface area contributed by atoms with Crippen LogP contribution in [0.4, 0.5) is 0 Å². The molecular weight excluding hydrogens is 546 g/mol. The van der Waals surface area contributed by atoms with Crippen LogP contribution < -0.4 is 21.1 Å². The third-order valence-corrected chi connectivity index (χ3v) is 8.04.